The second kappa shape index (κ2) is 6.51. The highest BCUT2D eigenvalue weighted by Gasteiger charge is 2.18. The maximum atomic E-state index is 13.7. The predicted molar refractivity (Wildman–Crippen MR) is 85.1 cm³/mol. The Kier molecular flexibility index (Phi) is 4.95. The van der Waals surface area contributed by atoms with Crippen molar-refractivity contribution >= 4 is 11.3 Å². The summed E-state index contributed by atoms with van der Waals surface area (Å²) in [5, 5.41) is 3.55. The lowest BCUT2D eigenvalue weighted by molar-refractivity contribution is 0.588. The summed E-state index contributed by atoms with van der Waals surface area (Å²) in [4.78, 5) is 2.59. The Morgan fingerprint density at radius 2 is 1.90 bits per heavy atom. The molecule has 0 aliphatic carbocycles. The summed E-state index contributed by atoms with van der Waals surface area (Å²) < 4.78 is 13.7. The molecule has 108 valence electrons. The Labute approximate surface area is 124 Å². The first kappa shape index (κ1) is 15.2. The van der Waals surface area contributed by atoms with E-state index in [4.69, 9.17) is 0 Å². The molecule has 0 spiro atoms. The van der Waals surface area contributed by atoms with Gasteiger partial charge in [0.25, 0.3) is 0 Å². The van der Waals surface area contributed by atoms with Gasteiger partial charge >= 0.3 is 0 Å². The average molecular weight is 291 g/mol. The minimum absolute atomic E-state index is 0.0862. The van der Waals surface area contributed by atoms with Crippen molar-refractivity contribution in [1.29, 1.82) is 0 Å². The number of thiophene rings is 1. The third-order valence-corrected chi connectivity index (χ3v) is 4.56. The van der Waals surface area contributed by atoms with Gasteiger partial charge in [0.15, 0.2) is 0 Å². The zero-order chi connectivity index (χ0) is 14.7. The Bertz CT molecular complexity index is 568. The molecule has 2 rings (SSSR count). The molecule has 0 saturated heterocycles. The summed E-state index contributed by atoms with van der Waals surface area (Å²) >= 11 is 1.79. The van der Waals surface area contributed by atoms with E-state index in [9.17, 15) is 4.39 Å². The van der Waals surface area contributed by atoms with Gasteiger partial charge in [0, 0.05) is 9.75 Å². The normalized spacial score (nSPS) is 12.7. The molecular weight excluding hydrogens is 269 g/mol. The number of hydrogen-bond donors (Lipinski definition) is 1. The first-order valence-electron chi connectivity index (χ1n) is 7.08. The van der Waals surface area contributed by atoms with E-state index >= 15 is 0 Å². The zero-order valence-electron chi connectivity index (χ0n) is 12.6. The van der Waals surface area contributed by atoms with Crippen molar-refractivity contribution in [1.82, 2.24) is 5.32 Å². The van der Waals surface area contributed by atoms with Crippen molar-refractivity contribution in [2.24, 2.45) is 0 Å². The van der Waals surface area contributed by atoms with Crippen LogP contribution in [0.2, 0.25) is 0 Å². The van der Waals surface area contributed by atoms with Crippen LogP contribution in [0.5, 0.6) is 0 Å². The number of halogens is 1. The van der Waals surface area contributed by atoms with E-state index in [-0.39, 0.29) is 11.9 Å². The Morgan fingerprint density at radius 1 is 1.15 bits per heavy atom. The summed E-state index contributed by atoms with van der Waals surface area (Å²) in [6.45, 7) is 9.26. The smallest absolute Gasteiger partial charge is 0.123 e. The molecule has 1 aromatic heterocycles. The maximum Gasteiger partial charge on any atom is 0.123 e. The van der Waals surface area contributed by atoms with E-state index in [1.54, 1.807) is 23.5 Å². The van der Waals surface area contributed by atoms with Crippen molar-refractivity contribution < 1.29 is 4.39 Å². The monoisotopic (exact) mass is 291 g/mol. The van der Waals surface area contributed by atoms with Gasteiger partial charge in [-0.1, -0.05) is 13.0 Å². The highest BCUT2D eigenvalue weighted by Crippen LogP contribution is 2.32. The van der Waals surface area contributed by atoms with Gasteiger partial charge in [0.1, 0.15) is 5.82 Å². The molecule has 1 nitrogen and oxygen atoms in total. The molecule has 1 atom stereocenters. The number of aryl methyl sites for hydroxylation is 3. The molecule has 1 aromatic carbocycles. The highest BCUT2D eigenvalue weighted by molar-refractivity contribution is 7.12. The van der Waals surface area contributed by atoms with Crippen LogP contribution in [0.3, 0.4) is 0 Å². The van der Waals surface area contributed by atoms with E-state index < -0.39 is 0 Å². The van der Waals surface area contributed by atoms with Crippen molar-refractivity contribution in [2.45, 2.75) is 40.2 Å². The molecule has 20 heavy (non-hydrogen) atoms. The Hall–Kier alpha value is -1.19. The lowest BCUT2D eigenvalue weighted by Crippen LogP contribution is -2.23. The van der Waals surface area contributed by atoms with Gasteiger partial charge in [-0.2, -0.15) is 0 Å². The predicted octanol–water partition coefficient (Wildman–Crippen LogP) is 4.90. The van der Waals surface area contributed by atoms with Gasteiger partial charge in [0.2, 0.25) is 0 Å². The summed E-state index contributed by atoms with van der Waals surface area (Å²) in [6.07, 6.45) is 1.06. The summed E-state index contributed by atoms with van der Waals surface area (Å²) in [5.74, 6) is -0.158. The fraction of sp³-hybridized carbons (Fsp3) is 0.412. The quantitative estimate of drug-likeness (QED) is 0.826. The molecule has 1 N–H and O–H groups in total. The Morgan fingerprint density at radius 3 is 2.45 bits per heavy atom. The summed E-state index contributed by atoms with van der Waals surface area (Å²) in [7, 11) is 0. The van der Waals surface area contributed by atoms with Crippen LogP contribution >= 0.6 is 11.3 Å². The van der Waals surface area contributed by atoms with E-state index in [1.165, 1.54) is 15.3 Å². The fourth-order valence-electron chi connectivity index (χ4n) is 2.53. The number of nitrogens with one attached hydrogen (secondary N) is 1. The molecule has 0 bridgehead atoms. The lowest BCUT2D eigenvalue weighted by atomic mass is 10.0. The summed E-state index contributed by atoms with van der Waals surface area (Å²) in [6, 6.07) is 7.59. The highest BCUT2D eigenvalue weighted by atomic mass is 32.1. The lowest BCUT2D eigenvalue weighted by Gasteiger charge is -2.19. The van der Waals surface area contributed by atoms with Gasteiger partial charge in [-0.15, -0.1) is 11.3 Å². The van der Waals surface area contributed by atoms with E-state index in [2.05, 4.69) is 38.2 Å². The van der Waals surface area contributed by atoms with E-state index in [1.807, 2.05) is 6.92 Å². The third kappa shape index (κ3) is 3.47. The van der Waals surface area contributed by atoms with Crippen LogP contribution in [0.25, 0.3) is 0 Å². The van der Waals surface area contributed by atoms with Crippen LogP contribution in [-0.2, 0) is 0 Å². The van der Waals surface area contributed by atoms with Gasteiger partial charge < -0.3 is 5.32 Å². The second-order valence-electron chi connectivity index (χ2n) is 5.35. The van der Waals surface area contributed by atoms with Crippen LogP contribution in [0.1, 0.15) is 45.8 Å². The van der Waals surface area contributed by atoms with Crippen molar-refractivity contribution in [3.8, 4) is 0 Å². The van der Waals surface area contributed by atoms with Gasteiger partial charge in [-0.3, -0.25) is 0 Å². The van der Waals surface area contributed by atoms with Gasteiger partial charge in [0.05, 0.1) is 6.04 Å². The molecule has 0 fully saturated rings. The molecular formula is C17H22FNS. The minimum atomic E-state index is -0.158. The standard InChI is InChI=1S/C17H22FNS/c1-5-6-19-16(17-12(3)9-13(4)20-17)14-7-11(2)8-15(18)10-14/h7-10,16,19H,5-6H2,1-4H3. The molecule has 0 radical (unpaired) electrons. The van der Waals surface area contributed by atoms with Crippen LogP contribution in [0, 0.1) is 26.6 Å². The summed E-state index contributed by atoms with van der Waals surface area (Å²) in [5.41, 5.74) is 3.26. The first-order chi connectivity index (χ1) is 9.51. The third-order valence-electron chi connectivity index (χ3n) is 3.34. The molecule has 1 unspecified atom stereocenters. The molecule has 0 amide bonds. The molecule has 0 aliphatic heterocycles. The SMILES string of the molecule is CCCNC(c1cc(C)cc(F)c1)c1sc(C)cc1C. The van der Waals surface area contributed by atoms with E-state index in [0.29, 0.717) is 0 Å². The van der Waals surface area contributed by atoms with Crippen molar-refractivity contribution in [3.05, 3.63) is 56.5 Å². The van der Waals surface area contributed by atoms with Crippen LogP contribution in [-0.4, -0.2) is 6.54 Å². The van der Waals surface area contributed by atoms with Crippen LogP contribution in [0.15, 0.2) is 24.3 Å². The van der Waals surface area contributed by atoms with Crippen molar-refractivity contribution in [2.75, 3.05) is 6.54 Å². The number of hydrogen-bond acceptors (Lipinski definition) is 2. The van der Waals surface area contributed by atoms with E-state index in [0.717, 1.165) is 24.1 Å². The largest absolute Gasteiger partial charge is 0.306 e. The van der Waals surface area contributed by atoms with Crippen molar-refractivity contribution in [3.63, 3.8) is 0 Å². The van der Waals surface area contributed by atoms with Gasteiger partial charge in [-0.05, 0) is 68.6 Å². The topological polar surface area (TPSA) is 12.0 Å². The van der Waals surface area contributed by atoms with Gasteiger partial charge in [-0.25, -0.2) is 4.39 Å². The second-order valence-corrected chi connectivity index (χ2v) is 6.64. The first-order valence-corrected chi connectivity index (χ1v) is 7.90. The van der Waals surface area contributed by atoms with Crippen LogP contribution < -0.4 is 5.32 Å². The molecule has 0 aliphatic rings. The fourth-order valence-corrected chi connectivity index (χ4v) is 3.67. The number of rotatable bonds is 5. The molecule has 0 saturated carbocycles. The minimum Gasteiger partial charge on any atom is -0.306 e. The van der Waals surface area contributed by atoms with Crippen LogP contribution in [0.4, 0.5) is 4.39 Å². The molecule has 2 aromatic rings. The Balaban J connectivity index is 2.43. The molecule has 3 heteroatoms. The average Bonchev–Trinajstić information content (AvgIpc) is 2.68. The maximum absolute atomic E-state index is 13.7. The zero-order valence-corrected chi connectivity index (χ0v) is 13.4. The molecule has 1 heterocycles. The number of benzene rings is 1.